The fourth-order valence-electron chi connectivity index (χ4n) is 2.34. The van der Waals surface area contributed by atoms with E-state index in [1.54, 1.807) is 12.3 Å². The van der Waals surface area contributed by atoms with Crippen LogP contribution in [0.25, 0.3) is 10.9 Å². The number of benzene rings is 1. The zero-order valence-electron chi connectivity index (χ0n) is 12.3. The molecule has 0 bridgehead atoms. The van der Waals surface area contributed by atoms with E-state index in [9.17, 15) is 9.59 Å². The third kappa shape index (κ3) is 2.48. The van der Waals surface area contributed by atoms with Crippen molar-refractivity contribution in [2.24, 2.45) is 0 Å². The summed E-state index contributed by atoms with van der Waals surface area (Å²) < 4.78 is 0. The zero-order valence-corrected chi connectivity index (χ0v) is 12.3. The first kappa shape index (κ1) is 14.0. The number of ketones is 1. The minimum absolute atomic E-state index is 0.0831. The maximum atomic E-state index is 12.3. The third-order valence-electron chi connectivity index (χ3n) is 3.55. The Balaban J connectivity index is 1.94. The molecule has 0 unspecified atom stereocenters. The molecule has 3 aromatic rings. The van der Waals surface area contributed by atoms with E-state index in [0.29, 0.717) is 16.9 Å². The maximum absolute atomic E-state index is 12.3. The van der Waals surface area contributed by atoms with Crippen molar-refractivity contribution in [2.45, 2.75) is 13.8 Å². The largest absolute Gasteiger partial charge is 0.356 e. The van der Waals surface area contributed by atoms with Crippen LogP contribution in [0.15, 0.2) is 42.7 Å². The Labute approximate surface area is 127 Å². The van der Waals surface area contributed by atoms with Crippen molar-refractivity contribution in [1.29, 1.82) is 0 Å². The minimum atomic E-state index is -0.290. The summed E-state index contributed by atoms with van der Waals surface area (Å²) in [6.45, 7) is 3.44. The molecule has 2 N–H and O–H groups in total. The topological polar surface area (TPSA) is 74.8 Å². The molecule has 3 rings (SSSR count). The Morgan fingerprint density at radius 2 is 2.05 bits per heavy atom. The molecule has 5 nitrogen and oxygen atoms in total. The quantitative estimate of drug-likeness (QED) is 0.727. The van der Waals surface area contributed by atoms with Gasteiger partial charge in [-0.15, -0.1) is 0 Å². The molecule has 0 fully saturated rings. The van der Waals surface area contributed by atoms with Crippen molar-refractivity contribution in [1.82, 2.24) is 9.97 Å². The number of carbonyl (C=O) groups excluding carboxylic acids is 2. The predicted octanol–water partition coefficient (Wildman–Crippen LogP) is 3.33. The molecule has 1 amide bonds. The number of aromatic nitrogens is 2. The van der Waals surface area contributed by atoms with Crippen molar-refractivity contribution in [3.05, 3.63) is 59.5 Å². The lowest BCUT2D eigenvalue weighted by Crippen LogP contribution is -2.12. The highest BCUT2D eigenvalue weighted by molar-refractivity contribution is 6.09. The molecule has 2 aromatic heterocycles. The number of fused-ring (bicyclic) bond motifs is 1. The van der Waals surface area contributed by atoms with Crippen LogP contribution in [-0.2, 0) is 0 Å². The Morgan fingerprint density at radius 1 is 1.23 bits per heavy atom. The highest BCUT2D eigenvalue weighted by Gasteiger charge is 2.13. The van der Waals surface area contributed by atoms with Crippen LogP contribution in [0.2, 0.25) is 0 Å². The van der Waals surface area contributed by atoms with Gasteiger partial charge in [0.1, 0.15) is 5.69 Å². The summed E-state index contributed by atoms with van der Waals surface area (Å²) in [4.78, 5) is 30.8. The van der Waals surface area contributed by atoms with Crippen molar-refractivity contribution in [3.8, 4) is 0 Å². The van der Waals surface area contributed by atoms with E-state index in [0.717, 1.165) is 16.5 Å². The van der Waals surface area contributed by atoms with Crippen LogP contribution in [0.5, 0.6) is 0 Å². The van der Waals surface area contributed by atoms with E-state index in [-0.39, 0.29) is 11.7 Å². The summed E-state index contributed by atoms with van der Waals surface area (Å²) in [7, 11) is 0. The molecule has 0 saturated carbocycles. The Hall–Kier alpha value is -2.95. The number of amides is 1. The standard InChI is InChI=1S/C17H15N3O2/c1-10-5-6-14(13-4-3-7-18-16(10)13)20-17(22)15-8-12(9-19-15)11(2)21/h3-9,19H,1-2H3,(H,20,22). The number of aromatic amines is 1. The van der Waals surface area contributed by atoms with E-state index in [1.807, 2.05) is 31.2 Å². The fraction of sp³-hybridized carbons (Fsp3) is 0.118. The van der Waals surface area contributed by atoms with Gasteiger partial charge < -0.3 is 10.3 Å². The summed E-state index contributed by atoms with van der Waals surface area (Å²) >= 11 is 0. The predicted molar refractivity (Wildman–Crippen MR) is 85.2 cm³/mol. The molecule has 1 aromatic carbocycles. The van der Waals surface area contributed by atoms with E-state index >= 15 is 0 Å². The van der Waals surface area contributed by atoms with Crippen LogP contribution < -0.4 is 5.32 Å². The Morgan fingerprint density at radius 3 is 2.77 bits per heavy atom. The number of aryl methyl sites for hydroxylation is 1. The second-order valence-corrected chi connectivity index (χ2v) is 5.14. The first-order valence-electron chi connectivity index (χ1n) is 6.91. The molecule has 0 radical (unpaired) electrons. The highest BCUT2D eigenvalue weighted by Crippen LogP contribution is 2.25. The lowest BCUT2D eigenvalue weighted by molar-refractivity contribution is 0.101. The molecule has 110 valence electrons. The van der Waals surface area contributed by atoms with Gasteiger partial charge in [-0.25, -0.2) is 0 Å². The molecular weight excluding hydrogens is 278 g/mol. The number of pyridine rings is 1. The number of carbonyl (C=O) groups is 2. The molecule has 0 aliphatic carbocycles. The zero-order chi connectivity index (χ0) is 15.7. The molecular formula is C17H15N3O2. The van der Waals surface area contributed by atoms with Gasteiger partial charge in [0.25, 0.3) is 5.91 Å². The Bertz CT molecular complexity index is 880. The lowest BCUT2D eigenvalue weighted by Gasteiger charge is -2.09. The van der Waals surface area contributed by atoms with Gasteiger partial charge in [-0.1, -0.05) is 6.07 Å². The van der Waals surface area contributed by atoms with Crippen LogP contribution >= 0.6 is 0 Å². The van der Waals surface area contributed by atoms with Gasteiger partial charge >= 0.3 is 0 Å². The average molecular weight is 293 g/mol. The SMILES string of the molecule is CC(=O)c1c[nH]c(C(=O)Nc2ccc(C)c3ncccc23)c1. The van der Waals surface area contributed by atoms with Gasteiger partial charge in [-0.3, -0.25) is 14.6 Å². The number of nitrogens with zero attached hydrogens (tertiary/aromatic N) is 1. The van der Waals surface area contributed by atoms with Gasteiger partial charge in [0.15, 0.2) is 5.78 Å². The number of Topliss-reactive ketones (excluding diaryl/α,β-unsaturated/α-hetero) is 1. The number of hydrogen-bond donors (Lipinski definition) is 2. The average Bonchev–Trinajstić information content (AvgIpc) is 3.01. The normalized spacial score (nSPS) is 10.6. The highest BCUT2D eigenvalue weighted by atomic mass is 16.2. The summed E-state index contributed by atoms with van der Waals surface area (Å²) in [5.74, 6) is -0.373. The summed E-state index contributed by atoms with van der Waals surface area (Å²) in [5, 5.41) is 3.74. The van der Waals surface area contributed by atoms with Crippen molar-refractivity contribution < 1.29 is 9.59 Å². The fourth-order valence-corrected chi connectivity index (χ4v) is 2.34. The minimum Gasteiger partial charge on any atom is -0.356 e. The number of anilines is 1. The van der Waals surface area contributed by atoms with Crippen LogP contribution in [0, 0.1) is 6.92 Å². The number of H-pyrrole nitrogens is 1. The molecule has 0 aliphatic heterocycles. The van der Waals surface area contributed by atoms with Gasteiger partial charge in [-0.2, -0.15) is 0 Å². The molecule has 2 heterocycles. The first-order chi connectivity index (χ1) is 10.6. The second kappa shape index (κ2) is 5.44. The molecule has 5 heteroatoms. The maximum Gasteiger partial charge on any atom is 0.272 e. The van der Waals surface area contributed by atoms with E-state index in [1.165, 1.54) is 13.1 Å². The number of nitrogens with one attached hydrogen (secondary N) is 2. The number of rotatable bonds is 3. The van der Waals surface area contributed by atoms with Gasteiger partial charge in [-0.05, 0) is 43.7 Å². The van der Waals surface area contributed by atoms with Crippen molar-refractivity contribution >= 4 is 28.3 Å². The van der Waals surface area contributed by atoms with E-state index in [4.69, 9.17) is 0 Å². The molecule has 0 saturated heterocycles. The summed E-state index contributed by atoms with van der Waals surface area (Å²) in [6.07, 6.45) is 3.26. The van der Waals surface area contributed by atoms with Crippen LogP contribution in [-0.4, -0.2) is 21.7 Å². The molecule has 0 spiro atoms. The summed E-state index contributed by atoms with van der Waals surface area (Å²) in [5.41, 5.74) is 3.43. The summed E-state index contributed by atoms with van der Waals surface area (Å²) in [6, 6.07) is 9.07. The monoisotopic (exact) mass is 293 g/mol. The van der Waals surface area contributed by atoms with Crippen molar-refractivity contribution in [2.75, 3.05) is 5.32 Å². The second-order valence-electron chi connectivity index (χ2n) is 5.14. The van der Waals surface area contributed by atoms with Crippen LogP contribution in [0.3, 0.4) is 0 Å². The lowest BCUT2D eigenvalue weighted by atomic mass is 10.1. The molecule has 22 heavy (non-hydrogen) atoms. The third-order valence-corrected chi connectivity index (χ3v) is 3.55. The number of hydrogen-bond acceptors (Lipinski definition) is 3. The molecule has 0 aliphatic rings. The van der Waals surface area contributed by atoms with Crippen LogP contribution in [0.1, 0.15) is 33.3 Å². The Kier molecular flexibility index (Phi) is 3.47. The first-order valence-corrected chi connectivity index (χ1v) is 6.91. The van der Waals surface area contributed by atoms with E-state index < -0.39 is 0 Å². The smallest absolute Gasteiger partial charge is 0.272 e. The van der Waals surface area contributed by atoms with Gasteiger partial charge in [0, 0.05) is 23.3 Å². The van der Waals surface area contributed by atoms with Crippen LogP contribution in [0.4, 0.5) is 5.69 Å². The van der Waals surface area contributed by atoms with Gasteiger partial charge in [0.2, 0.25) is 0 Å². The molecule has 0 atom stereocenters. The van der Waals surface area contributed by atoms with E-state index in [2.05, 4.69) is 15.3 Å². The van der Waals surface area contributed by atoms with Gasteiger partial charge in [0.05, 0.1) is 11.2 Å². The van der Waals surface area contributed by atoms with Crippen molar-refractivity contribution in [3.63, 3.8) is 0 Å².